The highest BCUT2D eigenvalue weighted by molar-refractivity contribution is 9.10. The van der Waals surface area contributed by atoms with Crippen molar-refractivity contribution in [2.75, 3.05) is 7.05 Å². The molecule has 18 heavy (non-hydrogen) atoms. The number of hydrogen-bond donors (Lipinski definition) is 1. The summed E-state index contributed by atoms with van der Waals surface area (Å²) in [5, 5.41) is 7.17. The van der Waals surface area contributed by atoms with Crippen LogP contribution >= 0.6 is 27.3 Å². The molecule has 0 aliphatic rings. The van der Waals surface area contributed by atoms with Crippen molar-refractivity contribution in [2.24, 2.45) is 11.8 Å². The molecule has 0 bridgehead atoms. The van der Waals surface area contributed by atoms with Gasteiger partial charge in [-0.3, -0.25) is 0 Å². The van der Waals surface area contributed by atoms with Gasteiger partial charge in [-0.2, -0.15) is 0 Å². The lowest BCUT2D eigenvalue weighted by Gasteiger charge is -2.26. The molecule has 0 saturated heterocycles. The van der Waals surface area contributed by atoms with E-state index >= 15 is 0 Å². The molecule has 0 fully saturated rings. The highest BCUT2D eigenvalue weighted by Gasteiger charge is 2.23. The Hall–Kier alpha value is -0.380. The number of nitrogens with one attached hydrogen (secondary N) is 1. The van der Waals surface area contributed by atoms with Crippen LogP contribution in [0.15, 0.2) is 28.1 Å². The van der Waals surface area contributed by atoms with Crippen LogP contribution < -0.4 is 5.32 Å². The van der Waals surface area contributed by atoms with E-state index in [0.717, 1.165) is 0 Å². The minimum absolute atomic E-state index is 0.424. The summed E-state index contributed by atoms with van der Waals surface area (Å²) in [4.78, 5) is 0. The smallest absolute Gasteiger partial charge is 0.0488 e. The average Bonchev–Trinajstić information content (AvgIpc) is 2.75. The van der Waals surface area contributed by atoms with Crippen molar-refractivity contribution in [1.29, 1.82) is 0 Å². The largest absolute Gasteiger partial charge is 0.313 e. The number of hydrogen-bond acceptors (Lipinski definition) is 2. The van der Waals surface area contributed by atoms with Gasteiger partial charge in [0.05, 0.1) is 0 Å². The number of rotatable bonds is 4. The molecule has 2 rings (SSSR count). The summed E-state index contributed by atoms with van der Waals surface area (Å²) in [5.74, 6) is 1.29. The first-order valence-electron chi connectivity index (χ1n) is 6.39. The van der Waals surface area contributed by atoms with Gasteiger partial charge in [0.15, 0.2) is 0 Å². The Kier molecular flexibility index (Phi) is 4.46. The molecule has 1 N–H and O–H groups in total. The maximum absolute atomic E-state index is 3.64. The van der Waals surface area contributed by atoms with Crippen molar-refractivity contribution in [1.82, 2.24) is 5.32 Å². The lowest BCUT2D eigenvalue weighted by atomic mass is 9.86. The van der Waals surface area contributed by atoms with E-state index in [4.69, 9.17) is 0 Å². The summed E-state index contributed by atoms with van der Waals surface area (Å²) < 4.78 is 2.55. The number of thiophene rings is 1. The molecule has 2 aromatic rings. The van der Waals surface area contributed by atoms with Crippen LogP contribution in [0.5, 0.6) is 0 Å². The van der Waals surface area contributed by atoms with Crippen molar-refractivity contribution < 1.29 is 0 Å². The quantitative estimate of drug-likeness (QED) is 0.812. The Bertz CT molecular complexity index is 532. The molecular formula is C15H20BrNS. The summed E-state index contributed by atoms with van der Waals surface area (Å²) in [6, 6.07) is 6.88. The SMILES string of the molecule is CNC(c1csc2c(Br)cccc12)C(C)C(C)C. The lowest BCUT2D eigenvalue weighted by molar-refractivity contribution is 0.319. The van der Waals surface area contributed by atoms with Gasteiger partial charge < -0.3 is 5.32 Å². The van der Waals surface area contributed by atoms with Crippen molar-refractivity contribution in [3.63, 3.8) is 0 Å². The van der Waals surface area contributed by atoms with Crippen molar-refractivity contribution in [2.45, 2.75) is 26.8 Å². The molecule has 0 radical (unpaired) electrons. The van der Waals surface area contributed by atoms with Gasteiger partial charge in [-0.25, -0.2) is 0 Å². The molecule has 3 heteroatoms. The zero-order valence-corrected chi connectivity index (χ0v) is 13.7. The van der Waals surface area contributed by atoms with E-state index in [1.165, 1.54) is 20.1 Å². The normalized spacial score (nSPS) is 15.2. The van der Waals surface area contributed by atoms with E-state index in [-0.39, 0.29) is 0 Å². The maximum atomic E-state index is 3.64. The second kappa shape index (κ2) is 5.72. The predicted octanol–water partition coefficient (Wildman–Crippen LogP) is 5.22. The standard InChI is InChI=1S/C15H20BrNS/c1-9(2)10(3)14(17-4)12-8-18-15-11(12)6-5-7-13(15)16/h5-10,14,17H,1-4H3. The van der Waals surface area contributed by atoms with Crippen LogP contribution in [-0.2, 0) is 0 Å². The van der Waals surface area contributed by atoms with Gasteiger partial charge in [0.1, 0.15) is 0 Å². The minimum atomic E-state index is 0.424. The summed E-state index contributed by atoms with van der Waals surface area (Å²) in [6.07, 6.45) is 0. The molecule has 0 aliphatic carbocycles. The molecule has 1 heterocycles. The van der Waals surface area contributed by atoms with Gasteiger partial charge in [0.25, 0.3) is 0 Å². The molecule has 2 unspecified atom stereocenters. The van der Waals surface area contributed by atoms with Crippen LogP contribution in [0, 0.1) is 11.8 Å². The average molecular weight is 326 g/mol. The van der Waals surface area contributed by atoms with Crippen LogP contribution in [0.4, 0.5) is 0 Å². The highest BCUT2D eigenvalue weighted by atomic mass is 79.9. The Balaban J connectivity index is 2.49. The Morgan fingerprint density at radius 3 is 2.56 bits per heavy atom. The third-order valence-electron chi connectivity index (χ3n) is 3.81. The third-order valence-corrected chi connectivity index (χ3v) is 5.78. The van der Waals surface area contributed by atoms with E-state index in [1.54, 1.807) is 0 Å². The first kappa shape index (κ1) is 14.0. The molecule has 0 aliphatic heterocycles. The topological polar surface area (TPSA) is 12.0 Å². The third kappa shape index (κ3) is 2.49. The van der Waals surface area contributed by atoms with Crippen LogP contribution in [-0.4, -0.2) is 7.05 Å². The molecule has 0 spiro atoms. The van der Waals surface area contributed by atoms with Gasteiger partial charge in [0, 0.05) is 15.2 Å². The fourth-order valence-electron chi connectivity index (χ4n) is 2.37. The fourth-order valence-corrected chi connectivity index (χ4v) is 4.03. The molecule has 2 atom stereocenters. The van der Waals surface area contributed by atoms with Gasteiger partial charge in [0.2, 0.25) is 0 Å². The van der Waals surface area contributed by atoms with E-state index in [0.29, 0.717) is 17.9 Å². The van der Waals surface area contributed by atoms with Gasteiger partial charge in [-0.05, 0) is 57.2 Å². The zero-order valence-electron chi connectivity index (χ0n) is 11.3. The second-order valence-electron chi connectivity index (χ2n) is 5.18. The molecule has 1 nitrogen and oxygen atoms in total. The van der Waals surface area contributed by atoms with Crippen molar-refractivity contribution in [3.05, 3.63) is 33.6 Å². The predicted molar refractivity (Wildman–Crippen MR) is 85.3 cm³/mol. The minimum Gasteiger partial charge on any atom is -0.313 e. The summed E-state index contributed by atoms with van der Waals surface area (Å²) in [6.45, 7) is 6.91. The number of benzene rings is 1. The fraction of sp³-hybridized carbons (Fsp3) is 0.467. The summed E-state index contributed by atoms with van der Waals surface area (Å²) in [7, 11) is 2.06. The van der Waals surface area contributed by atoms with Crippen molar-refractivity contribution >= 4 is 37.4 Å². The van der Waals surface area contributed by atoms with E-state index in [1.807, 2.05) is 11.3 Å². The van der Waals surface area contributed by atoms with Crippen LogP contribution in [0.25, 0.3) is 10.1 Å². The Labute approximate surface area is 122 Å². The second-order valence-corrected chi connectivity index (χ2v) is 6.91. The monoisotopic (exact) mass is 325 g/mol. The molecule has 0 amide bonds. The molecule has 98 valence electrons. The first-order valence-corrected chi connectivity index (χ1v) is 8.06. The van der Waals surface area contributed by atoms with Gasteiger partial charge >= 0.3 is 0 Å². The van der Waals surface area contributed by atoms with Crippen LogP contribution in [0.2, 0.25) is 0 Å². The van der Waals surface area contributed by atoms with E-state index in [9.17, 15) is 0 Å². The first-order chi connectivity index (χ1) is 8.56. The van der Waals surface area contributed by atoms with Gasteiger partial charge in [-0.1, -0.05) is 32.9 Å². The molecule has 0 saturated carbocycles. The van der Waals surface area contributed by atoms with Crippen LogP contribution in [0.3, 0.4) is 0 Å². The van der Waals surface area contributed by atoms with E-state index < -0.39 is 0 Å². The van der Waals surface area contributed by atoms with E-state index in [2.05, 4.69) is 72.6 Å². The number of halogens is 1. The lowest BCUT2D eigenvalue weighted by Crippen LogP contribution is -2.26. The number of fused-ring (bicyclic) bond motifs is 1. The molecular weight excluding hydrogens is 306 g/mol. The van der Waals surface area contributed by atoms with Gasteiger partial charge in [-0.15, -0.1) is 11.3 Å². The summed E-state index contributed by atoms with van der Waals surface area (Å²) >= 11 is 5.46. The van der Waals surface area contributed by atoms with Crippen molar-refractivity contribution in [3.8, 4) is 0 Å². The molecule has 1 aromatic carbocycles. The van der Waals surface area contributed by atoms with Crippen LogP contribution in [0.1, 0.15) is 32.4 Å². The summed E-state index contributed by atoms with van der Waals surface area (Å²) in [5.41, 5.74) is 1.43. The zero-order chi connectivity index (χ0) is 13.3. The Morgan fingerprint density at radius 1 is 1.22 bits per heavy atom. The highest BCUT2D eigenvalue weighted by Crippen LogP contribution is 2.38. The maximum Gasteiger partial charge on any atom is 0.0488 e. The molecule has 1 aromatic heterocycles. The Morgan fingerprint density at radius 2 is 1.94 bits per heavy atom.